The molecular formula is C11H18N2O2. The highest BCUT2D eigenvalue weighted by atomic mass is 16.5. The molecule has 0 radical (unpaired) electrons. The van der Waals surface area contributed by atoms with Crippen LogP contribution in [0.5, 0.6) is 0 Å². The van der Waals surface area contributed by atoms with Crippen LogP contribution in [0.25, 0.3) is 0 Å². The van der Waals surface area contributed by atoms with Gasteiger partial charge in [-0.15, -0.1) is 0 Å². The van der Waals surface area contributed by atoms with Gasteiger partial charge in [0.15, 0.2) is 0 Å². The summed E-state index contributed by atoms with van der Waals surface area (Å²) in [5.74, 6) is 0.971. The van der Waals surface area contributed by atoms with E-state index in [1.807, 2.05) is 12.1 Å². The molecule has 0 spiro atoms. The molecule has 1 unspecified atom stereocenters. The van der Waals surface area contributed by atoms with Gasteiger partial charge in [0.1, 0.15) is 5.76 Å². The maximum absolute atomic E-state index is 5.63. The van der Waals surface area contributed by atoms with E-state index in [1.165, 1.54) is 0 Å². The SMILES string of the molecule is CN1CCOC(CNCc2ccco2)C1. The highest BCUT2D eigenvalue weighted by molar-refractivity contribution is 4.97. The topological polar surface area (TPSA) is 37.6 Å². The van der Waals surface area contributed by atoms with E-state index in [2.05, 4.69) is 17.3 Å². The number of hydrogen-bond acceptors (Lipinski definition) is 4. The van der Waals surface area contributed by atoms with Crippen LogP contribution >= 0.6 is 0 Å². The van der Waals surface area contributed by atoms with E-state index in [9.17, 15) is 0 Å². The number of likely N-dealkylation sites (N-methyl/N-ethyl adjacent to an activating group) is 1. The zero-order valence-electron chi connectivity index (χ0n) is 9.11. The third-order valence-electron chi connectivity index (χ3n) is 2.59. The number of nitrogens with one attached hydrogen (secondary N) is 1. The Morgan fingerprint density at radius 1 is 1.60 bits per heavy atom. The minimum absolute atomic E-state index is 0.304. The largest absolute Gasteiger partial charge is 0.468 e. The maximum Gasteiger partial charge on any atom is 0.117 e. The van der Waals surface area contributed by atoms with Gasteiger partial charge in [-0.1, -0.05) is 0 Å². The van der Waals surface area contributed by atoms with E-state index in [0.717, 1.165) is 38.5 Å². The van der Waals surface area contributed by atoms with Gasteiger partial charge in [0.05, 0.1) is 25.5 Å². The van der Waals surface area contributed by atoms with Crippen molar-refractivity contribution < 1.29 is 9.15 Å². The first-order valence-corrected chi connectivity index (χ1v) is 5.38. The number of furan rings is 1. The van der Waals surface area contributed by atoms with E-state index >= 15 is 0 Å². The predicted molar refractivity (Wildman–Crippen MR) is 57.7 cm³/mol. The van der Waals surface area contributed by atoms with Gasteiger partial charge in [-0.3, -0.25) is 0 Å². The Kier molecular flexibility index (Phi) is 3.77. The van der Waals surface area contributed by atoms with Crippen molar-refractivity contribution in [3.63, 3.8) is 0 Å². The Bertz CT molecular complexity index is 274. The molecule has 2 heterocycles. The molecule has 84 valence electrons. The van der Waals surface area contributed by atoms with E-state index in [4.69, 9.17) is 9.15 Å². The maximum atomic E-state index is 5.63. The first-order chi connectivity index (χ1) is 7.34. The number of rotatable bonds is 4. The van der Waals surface area contributed by atoms with Crippen LogP contribution in [0.2, 0.25) is 0 Å². The van der Waals surface area contributed by atoms with Crippen LogP contribution in [0.15, 0.2) is 22.8 Å². The molecule has 4 nitrogen and oxygen atoms in total. The Balaban J connectivity index is 1.65. The normalized spacial score (nSPS) is 23.1. The molecule has 0 aromatic carbocycles. The summed E-state index contributed by atoms with van der Waals surface area (Å²) in [5.41, 5.74) is 0. The molecule has 1 aromatic heterocycles. The molecule has 0 bridgehead atoms. The zero-order chi connectivity index (χ0) is 10.5. The second kappa shape index (κ2) is 5.30. The van der Waals surface area contributed by atoms with Gasteiger partial charge in [0.25, 0.3) is 0 Å². The fraction of sp³-hybridized carbons (Fsp3) is 0.636. The molecule has 1 N–H and O–H groups in total. The molecule has 1 aliphatic rings. The van der Waals surface area contributed by atoms with Crippen molar-refractivity contribution in [2.24, 2.45) is 0 Å². The molecule has 4 heteroatoms. The molecule has 0 saturated carbocycles. The first-order valence-electron chi connectivity index (χ1n) is 5.38. The summed E-state index contributed by atoms with van der Waals surface area (Å²) in [7, 11) is 2.13. The minimum Gasteiger partial charge on any atom is -0.468 e. The Hall–Kier alpha value is -0.840. The molecule has 1 atom stereocenters. The van der Waals surface area contributed by atoms with Gasteiger partial charge < -0.3 is 19.4 Å². The summed E-state index contributed by atoms with van der Waals surface area (Å²) < 4.78 is 10.9. The number of ether oxygens (including phenoxy) is 1. The lowest BCUT2D eigenvalue weighted by Gasteiger charge is -2.30. The van der Waals surface area contributed by atoms with Crippen LogP contribution in [0.4, 0.5) is 0 Å². The predicted octanol–water partition coefficient (Wildman–Crippen LogP) is 0.700. The number of hydrogen-bond donors (Lipinski definition) is 1. The molecule has 0 amide bonds. The molecule has 1 saturated heterocycles. The third-order valence-corrected chi connectivity index (χ3v) is 2.59. The van der Waals surface area contributed by atoms with Crippen LogP contribution < -0.4 is 5.32 Å². The van der Waals surface area contributed by atoms with Crippen LogP contribution in [0.3, 0.4) is 0 Å². The average Bonchev–Trinajstić information content (AvgIpc) is 2.71. The smallest absolute Gasteiger partial charge is 0.117 e. The fourth-order valence-corrected chi connectivity index (χ4v) is 1.76. The van der Waals surface area contributed by atoms with Crippen LogP contribution in [0, 0.1) is 0 Å². The van der Waals surface area contributed by atoms with Crippen molar-refractivity contribution in [2.75, 3.05) is 33.3 Å². The van der Waals surface area contributed by atoms with Gasteiger partial charge >= 0.3 is 0 Å². The second-order valence-corrected chi connectivity index (χ2v) is 3.97. The summed E-state index contributed by atoms with van der Waals surface area (Å²) in [5, 5.41) is 3.33. The highest BCUT2D eigenvalue weighted by Gasteiger charge is 2.16. The van der Waals surface area contributed by atoms with Crippen molar-refractivity contribution in [1.82, 2.24) is 10.2 Å². The van der Waals surface area contributed by atoms with Crippen molar-refractivity contribution >= 4 is 0 Å². The Morgan fingerprint density at radius 3 is 3.27 bits per heavy atom. The summed E-state index contributed by atoms with van der Waals surface area (Å²) in [4.78, 5) is 2.29. The molecular weight excluding hydrogens is 192 g/mol. The van der Waals surface area contributed by atoms with E-state index in [0.29, 0.717) is 6.10 Å². The van der Waals surface area contributed by atoms with Crippen LogP contribution in [-0.2, 0) is 11.3 Å². The van der Waals surface area contributed by atoms with Gasteiger partial charge in [-0.2, -0.15) is 0 Å². The Labute approximate surface area is 90.2 Å². The quantitative estimate of drug-likeness (QED) is 0.794. The van der Waals surface area contributed by atoms with Crippen molar-refractivity contribution in [3.8, 4) is 0 Å². The Morgan fingerprint density at radius 2 is 2.53 bits per heavy atom. The fourth-order valence-electron chi connectivity index (χ4n) is 1.76. The van der Waals surface area contributed by atoms with Gasteiger partial charge in [0.2, 0.25) is 0 Å². The lowest BCUT2D eigenvalue weighted by molar-refractivity contribution is -0.0183. The monoisotopic (exact) mass is 210 g/mol. The van der Waals surface area contributed by atoms with E-state index in [1.54, 1.807) is 6.26 Å². The van der Waals surface area contributed by atoms with Gasteiger partial charge in [-0.25, -0.2) is 0 Å². The van der Waals surface area contributed by atoms with Crippen molar-refractivity contribution in [1.29, 1.82) is 0 Å². The molecule has 1 aliphatic heterocycles. The molecule has 2 rings (SSSR count). The lowest BCUT2D eigenvalue weighted by atomic mass is 10.3. The van der Waals surface area contributed by atoms with Gasteiger partial charge in [-0.05, 0) is 19.2 Å². The summed E-state index contributed by atoms with van der Waals surface area (Å²) >= 11 is 0. The highest BCUT2D eigenvalue weighted by Crippen LogP contribution is 2.03. The minimum atomic E-state index is 0.304. The van der Waals surface area contributed by atoms with E-state index < -0.39 is 0 Å². The zero-order valence-corrected chi connectivity index (χ0v) is 9.11. The number of morpholine rings is 1. The number of nitrogens with zero attached hydrogens (tertiary/aromatic N) is 1. The molecule has 0 aliphatic carbocycles. The van der Waals surface area contributed by atoms with E-state index in [-0.39, 0.29) is 0 Å². The standard InChI is InChI=1S/C11H18N2O2/c1-13-4-6-15-11(9-13)8-12-7-10-3-2-5-14-10/h2-3,5,11-12H,4,6-9H2,1H3. The lowest BCUT2D eigenvalue weighted by Crippen LogP contribution is -2.44. The summed E-state index contributed by atoms with van der Waals surface area (Å²) in [6.45, 7) is 4.53. The van der Waals surface area contributed by atoms with Gasteiger partial charge in [0, 0.05) is 19.6 Å². The van der Waals surface area contributed by atoms with Crippen molar-refractivity contribution in [3.05, 3.63) is 24.2 Å². The molecule has 15 heavy (non-hydrogen) atoms. The van der Waals surface area contributed by atoms with Crippen molar-refractivity contribution in [2.45, 2.75) is 12.6 Å². The molecule has 1 aromatic rings. The second-order valence-electron chi connectivity index (χ2n) is 3.97. The molecule has 1 fully saturated rings. The van der Waals surface area contributed by atoms with Crippen LogP contribution in [0.1, 0.15) is 5.76 Å². The summed E-state index contributed by atoms with van der Waals surface area (Å²) in [6.07, 6.45) is 2.00. The average molecular weight is 210 g/mol. The van der Waals surface area contributed by atoms with Crippen LogP contribution in [-0.4, -0.2) is 44.3 Å². The first kappa shape index (κ1) is 10.7. The summed E-state index contributed by atoms with van der Waals surface area (Å²) in [6, 6.07) is 3.88. The third kappa shape index (κ3) is 3.34.